The van der Waals surface area contributed by atoms with Crippen LogP contribution in [0.15, 0.2) is 12.2 Å². The number of nitrogens with zero attached hydrogens (tertiary/aromatic N) is 1. The molecular weight excluding hydrogens is 388 g/mol. The number of esters is 2. The fourth-order valence-electron chi connectivity index (χ4n) is 2.29. The maximum atomic E-state index is 11.8. The first kappa shape index (κ1) is 23.8. The Morgan fingerprint density at radius 2 is 1.75 bits per heavy atom. The minimum absolute atomic E-state index is 0.224. The van der Waals surface area contributed by atoms with Crippen molar-refractivity contribution in [3.8, 4) is 0 Å². The fourth-order valence-corrected chi connectivity index (χ4v) is 2.78. The lowest BCUT2D eigenvalue weighted by atomic mass is 10.1. The monoisotopic (exact) mass is 414 g/mol. The van der Waals surface area contributed by atoms with Crippen LogP contribution in [0.1, 0.15) is 25.7 Å². The first-order valence-electron chi connectivity index (χ1n) is 8.82. The van der Waals surface area contributed by atoms with Gasteiger partial charge in [-0.3, -0.25) is 19.3 Å². The number of rotatable bonds is 12. The number of unbranched alkanes of at least 4 members (excludes halogenated alkanes) is 1. The van der Waals surface area contributed by atoms with E-state index in [4.69, 9.17) is 11.5 Å². The van der Waals surface area contributed by atoms with E-state index in [0.717, 1.165) is 4.90 Å². The van der Waals surface area contributed by atoms with Gasteiger partial charge in [-0.05, 0) is 37.7 Å². The highest BCUT2D eigenvalue weighted by Crippen LogP contribution is 2.08. The molecule has 3 amide bonds. The van der Waals surface area contributed by atoms with Crippen molar-refractivity contribution >= 4 is 41.4 Å². The van der Waals surface area contributed by atoms with Gasteiger partial charge >= 0.3 is 11.9 Å². The number of nitrogens with two attached hydrogens (primary N) is 2. The van der Waals surface area contributed by atoms with Crippen LogP contribution in [0.5, 0.6) is 0 Å². The molecule has 10 nitrogen and oxygen atoms in total. The normalized spacial score (nSPS) is 15.5. The number of carbonyl (C=O) groups is 5. The molecular formula is C17H26N4O6S. The highest BCUT2D eigenvalue weighted by molar-refractivity contribution is 7.98. The quantitative estimate of drug-likeness (QED) is 0.152. The number of carbonyl (C=O) groups excluding carboxylic acids is 5. The van der Waals surface area contributed by atoms with Crippen molar-refractivity contribution in [1.29, 1.82) is 0 Å². The minimum Gasteiger partial charge on any atom is -0.391 e. The molecule has 0 fully saturated rings. The molecule has 1 heterocycles. The molecule has 0 aliphatic carbocycles. The number of ether oxygens (including phenoxy) is 1. The van der Waals surface area contributed by atoms with Crippen LogP contribution < -0.4 is 16.8 Å². The van der Waals surface area contributed by atoms with Crippen molar-refractivity contribution in [1.82, 2.24) is 10.2 Å². The van der Waals surface area contributed by atoms with E-state index < -0.39 is 36.5 Å². The summed E-state index contributed by atoms with van der Waals surface area (Å²) >= 11 is 1.55. The topological polar surface area (TPSA) is 162 Å². The molecule has 11 heteroatoms. The molecule has 0 bridgehead atoms. The van der Waals surface area contributed by atoms with Crippen LogP contribution in [-0.2, 0) is 28.7 Å². The number of imide groups is 1. The molecule has 0 unspecified atom stereocenters. The Hall–Kier alpha value is -2.24. The van der Waals surface area contributed by atoms with Gasteiger partial charge in [0.1, 0.15) is 12.6 Å². The maximum absolute atomic E-state index is 11.8. The molecule has 1 aliphatic rings. The lowest BCUT2D eigenvalue weighted by molar-refractivity contribution is -0.160. The zero-order chi connectivity index (χ0) is 21.1. The molecule has 0 radical (unpaired) electrons. The van der Waals surface area contributed by atoms with Gasteiger partial charge < -0.3 is 21.5 Å². The number of nitrogens with one attached hydrogen (secondary N) is 1. The molecule has 0 aromatic carbocycles. The lowest BCUT2D eigenvalue weighted by Gasteiger charge is -2.14. The van der Waals surface area contributed by atoms with Crippen LogP contribution in [0, 0.1) is 0 Å². The Kier molecular flexibility index (Phi) is 10.4. The van der Waals surface area contributed by atoms with E-state index >= 15 is 0 Å². The average molecular weight is 414 g/mol. The summed E-state index contributed by atoms with van der Waals surface area (Å²) in [6.07, 6.45) is 5.91. The highest BCUT2D eigenvalue weighted by atomic mass is 32.2. The Labute approximate surface area is 167 Å². The van der Waals surface area contributed by atoms with Gasteiger partial charge in [-0.1, -0.05) is 0 Å². The predicted octanol–water partition coefficient (Wildman–Crippen LogP) is -1.32. The van der Waals surface area contributed by atoms with Crippen LogP contribution in [0.4, 0.5) is 0 Å². The molecule has 2 atom stereocenters. The van der Waals surface area contributed by atoms with E-state index in [1.54, 1.807) is 11.8 Å². The largest absolute Gasteiger partial charge is 0.391 e. The third-order valence-electron chi connectivity index (χ3n) is 3.94. The van der Waals surface area contributed by atoms with E-state index in [0.29, 0.717) is 25.0 Å². The van der Waals surface area contributed by atoms with Gasteiger partial charge in [0.25, 0.3) is 11.8 Å². The number of thioether (sulfide) groups is 1. The van der Waals surface area contributed by atoms with Crippen LogP contribution >= 0.6 is 11.8 Å². The molecule has 1 aliphatic heterocycles. The third kappa shape index (κ3) is 8.19. The molecule has 0 saturated carbocycles. The summed E-state index contributed by atoms with van der Waals surface area (Å²) in [4.78, 5) is 59.0. The number of amides is 3. The molecule has 0 saturated heterocycles. The second-order valence-corrected chi connectivity index (χ2v) is 7.15. The van der Waals surface area contributed by atoms with E-state index in [-0.39, 0.29) is 24.8 Å². The third-order valence-corrected chi connectivity index (χ3v) is 4.59. The highest BCUT2D eigenvalue weighted by Gasteiger charge is 2.23. The fraction of sp³-hybridized carbons (Fsp3) is 0.588. The molecule has 156 valence electrons. The van der Waals surface area contributed by atoms with Gasteiger partial charge in [-0.25, -0.2) is 9.59 Å². The van der Waals surface area contributed by atoms with Crippen LogP contribution in [0.2, 0.25) is 0 Å². The number of hydrogen-bond donors (Lipinski definition) is 3. The summed E-state index contributed by atoms with van der Waals surface area (Å²) in [5.41, 5.74) is 11.3. The van der Waals surface area contributed by atoms with Gasteiger partial charge in [0.15, 0.2) is 0 Å². The molecule has 5 N–H and O–H groups in total. The Morgan fingerprint density at radius 1 is 1.11 bits per heavy atom. The second-order valence-electron chi connectivity index (χ2n) is 6.16. The molecule has 1 rings (SSSR count). The molecule has 0 spiro atoms. The molecule has 28 heavy (non-hydrogen) atoms. The zero-order valence-corrected chi connectivity index (χ0v) is 16.5. The standard InChI is InChI=1S/C17H26N4O6S/c1-28-9-7-11(18)16(25)20-10-15(24)27-17(26)12(19)4-2-3-8-21-13(22)5-6-14(21)23/h5-6,11-12H,2-4,7-10,18-19H2,1H3,(H,20,25)/t11-,12-/m0/s1. The second kappa shape index (κ2) is 12.3. The van der Waals surface area contributed by atoms with Crippen LogP contribution in [0.3, 0.4) is 0 Å². The van der Waals surface area contributed by atoms with Gasteiger partial charge in [-0.15, -0.1) is 0 Å². The van der Waals surface area contributed by atoms with Crippen molar-refractivity contribution in [3.63, 3.8) is 0 Å². The Balaban J connectivity index is 2.20. The minimum atomic E-state index is -1.02. The Bertz CT molecular complexity index is 621. The first-order valence-corrected chi connectivity index (χ1v) is 10.2. The molecule has 0 aromatic rings. The van der Waals surface area contributed by atoms with Gasteiger partial charge in [-0.2, -0.15) is 11.8 Å². The smallest absolute Gasteiger partial charge is 0.333 e. The van der Waals surface area contributed by atoms with E-state index in [1.807, 2.05) is 6.26 Å². The molecule has 0 aromatic heterocycles. The van der Waals surface area contributed by atoms with E-state index in [1.165, 1.54) is 12.2 Å². The lowest BCUT2D eigenvalue weighted by Crippen LogP contribution is -2.44. The van der Waals surface area contributed by atoms with E-state index in [9.17, 15) is 24.0 Å². The van der Waals surface area contributed by atoms with Crippen molar-refractivity contribution in [2.75, 3.05) is 25.1 Å². The van der Waals surface area contributed by atoms with Crippen molar-refractivity contribution in [2.45, 2.75) is 37.8 Å². The van der Waals surface area contributed by atoms with Crippen molar-refractivity contribution < 1.29 is 28.7 Å². The van der Waals surface area contributed by atoms with Gasteiger partial charge in [0.05, 0.1) is 6.04 Å². The first-order chi connectivity index (χ1) is 13.3. The van der Waals surface area contributed by atoms with Crippen molar-refractivity contribution in [3.05, 3.63) is 12.2 Å². The summed E-state index contributed by atoms with van der Waals surface area (Å²) < 4.78 is 4.60. The SMILES string of the molecule is CSCC[C@H](N)C(=O)NCC(=O)OC(=O)[C@@H](N)CCCCN1C(=O)C=CC1=O. The predicted molar refractivity (Wildman–Crippen MR) is 103 cm³/mol. The van der Waals surface area contributed by atoms with E-state index in [2.05, 4.69) is 10.1 Å². The Morgan fingerprint density at radius 3 is 2.36 bits per heavy atom. The number of hydrogen-bond acceptors (Lipinski definition) is 9. The summed E-state index contributed by atoms with van der Waals surface area (Å²) in [5.74, 6) is -2.35. The summed E-state index contributed by atoms with van der Waals surface area (Å²) in [5, 5.41) is 2.31. The van der Waals surface area contributed by atoms with Gasteiger partial charge in [0.2, 0.25) is 5.91 Å². The summed E-state index contributed by atoms with van der Waals surface area (Å²) in [6, 6.07) is -1.76. The van der Waals surface area contributed by atoms with Gasteiger partial charge in [0, 0.05) is 18.7 Å². The maximum Gasteiger partial charge on any atom is 0.333 e. The average Bonchev–Trinajstić information content (AvgIpc) is 2.98. The summed E-state index contributed by atoms with van der Waals surface area (Å²) in [7, 11) is 0. The van der Waals surface area contributed by atoms with Crippen LogP contribution in [-0.4, -0.2) is 71.7 Å². The van der Waals surface area contributed by atoms with Crippen LogP contribution in [0.25, 0.3) is 0 Å². The summed E-state index contributed by atoms with van der Waals surface area (Å²) in [6.45, 7) is -0.245. The van der Waals surface area contributed by atoms with Crippen molar-refractivity contribution in [2.24, 2.45) is 11.5 Å². The zero-order valence-electron chi connectivity index (χ0n) is 15.7.